The Hall–Kier alpha value is -1.16. The summed E-state index contributed by atoms with van der Waals surface area (Å²) < 4.78 is 0.218. The molecule has 0 radical (unpaired) electrons. The number of anilines is 1. The maximum absolute atomic E-state index is 12.2. The minimum Gasteiger partial charge on any atom is -0.388 e. The highest BCUT2D eigenvalue weighted by Crippen LogP contribution is 2.36. The third-order valence-electron chi connectivity index (χ3n) is 3.68. The SMILES string of the molecule is CNc1ccc(C(=O)NCC2(C)CCCS2)cc1C. The van der Waals surface area contributed by atoms with Crippen LogP contribution in [-0.4, -0.2) is 30.0 Å². The van der Waals surface area contributed by atoms with Crippen molar-refractivity contribution in [3.8, 4) is 0 Å². The number of carbonyl (C=O) groups excluding carboxylic acids is 1. The zero-order chi connectivity index (χ0) is 13.9. The fraction of sp³-hybridized carbons (Fsp3) is 0.533. The van der Waals surface area contributed by atoms with E-state index < -0.39 is 0 Å². The number of aryl methyl sites for hydroxylation is 1. The lowest BCUT2D eigenvalue weighted by Crippen LogP contribution is -2.36. The molecule has 0 aromatic heterocycles. The number of hydrogen-bond acceptors (Lipinski definition) is 3. The fourth-order valence-corrected chi connectivity index (χ4v) is 3.68. The van der Waals surface area contributed by atoms with Crippen molar-refractivity contribution >= 4 is 23.4 Å². The van der Waals surface area contributed by atoms with Crippen molar-refractivity contribution in [2.24, 2.45) is 0 Å². The van der Waals surface area contributed by atoms with Gasteiger partial charge < -0.3 is 10.6 Å². The van der Waals surface area contributed by atoms with Crippen molar-refractivity contribution in [1.29, 1.82) is 0 Å². The number of hydrogen-bond donors (Lipinski definition) is 2. The second kappa shape index (κ2) is 5.87. The van der Waals surface area contributed by atoms with Gasteiger partial charge in [0.05, 0.1) is 0 Å². The Morgan fingerprint density at radius 2 is 2.26 bits per heavy atom. The molecular weight excluding hydrogens is 256 g/mol. The van der Waals surface area contributed by atoms with Gasteiger partial charge in [0.1, 0.15) is 0 Å². The molecule has 1 atom stereocenters. The number of amides is 1. The largest absolute Gasteiger partial charge is 0.388 e. The van der Waals surface area contributed by atoms with E-state index in [1.807, 2.05) is 43.9 Å². The van der Waals surface area contributed by atoms with E-state index >= 15 is 0 Å². The summed E-state index contributed by atoms with van der Waals surface area (Å²) in [7, 11) is 1.89. The molecule has 1 saturated heterocycles. The maximum Gasteiger partial charge on any atom is 0.251 e. The summed E-state index contributed by atoms with van der Waals surface area (Å²) in [5.74, 6) is 1.24. The summed E-state index contributed by atoms with van der Waals surface area (Å²) in [6.45, 7) is 5.00. The van der Waals surface area contributed by atoms with Crippen molar-refractivity contribution in [2.45, 2.75) is 31.4 Å². The van der Waals surface area contributed by atoms with Gasteiger partial charge in [-0.15, -0.1) is 0 Å². The van der Waals surface area contributed by atoms with Gasteiger partial charge in [-0.25, -0.2) is 0 Å². The van der Waals surface area contributed by atoms with E-state index in [1.54, 1.807) is 0 Å². The summed E-state index contributed by atoms with van der Waals surface area (Å²) in [6.07, 6.45) is 2.45. The lowest BCUT2D eigenvalue weighted by Gasteiger charge is -2.23. The Bertz CT molecular complexity index is 467. The molecule has 3 nitrogen and oxygen atoms in total. The zero-order valence-corrected chi connectivity index (χ0v) is 12.7. The highest BCUT2D eigenvalue weighted by Gasteiger charge is 2.29. The van der Waals surface area contributed by atoms with Gasteiger partial charge in [0, 0.05) is 29.6 Å². The lowest BCUT2D eigenvalue weighted by molar-refractivity contribution is 0.0950. The Labute approximate surface area is 119 Å². The molecule has 1 aromatic rings. The molecule has 4 heteroatoms. The van der Waals surface area contributed by atoms with Gasteiger partial charge >= 0.3 is 0 Å². The third kappa shape index (κ3) is 3.44. The first-order valence-electron chi connectivity index (χ1n) is 6.75. The molecule has 0 aliphatic carbocycles. The van der Waals surface area contributed by atoms with Crippen LogP contribution in [0.2, 0.25) is 0 Å². The summed E-state index contributed by atoms with van der Waals surface area (Å²) in [6, 6.07) is 5.76. The topological polar surface area (TPSA) is 41.1 Å². The van der Waals surface area contributed by atoms with E-state index in [1.165, 1.54) is 18.6 Å². The van der Waals surface area contributed by atoms with Gasteiger partial charge in [0.15, 0.2) is 0 Å². The van der Waals surface area contributed by atoms with Crippen LogP contribution >= 0.6 is 11.8 Å². The van der Waals surface area contributed by atoms with Crippen LogP contribution in [0, 0.1) is 6.92 Å². The Morgan fingerprint density at radius 1 is 1.47 bits per heavy atom. The number of rotatable bonds is 4. The van der Waals surface area contributed by atoms with E-state index in [9.17, 15) is 4.79 Å². The number of thioether (sulfide) groups is 1. The molecule has 19 heavy (non-hydrogen) atoms. The van der Waals surface area contributed by atoms with Crippen molar-refractivity contribution in [1.82, 2.24) is 5.32 Å². The Kier molecular flexibility index (Phi) is 4.40. The molecular formula is C15H22N2OS. The third-order valence-corrected chi connectivity index (χ3v) is 5.22. The lowest BCUT2D eigenvalue weighted by atomic mass is 10.1. The van der Waals surface area contributed by atoms with Crippen LogP contribution in [0.1, 0.15) is 35.7 Å². The molecule has 1 fully saturated rings. The van der Waals surface area contributed by atoms with Crippen molar-refractivity contribution in [3.63, 3.8) is 0 Å². The molecule has 104 valence electrons. The number of nitrogens with one attached hydrogen (secondary N) is 2. The molecule has 2 N–H and O–H groups in total. The van der Waals surface area contributed by atoms with Crippen LogP contribution in [0.15, 0.2) is 18.2 Å². The predicted molar refractivity (Wildman–Crippen MR) is 83.2 cm³/mol. The average Bonchev–Trinajstić information content (AvgIpc) is 2.83. The van der Waals surface area contributed by atoms with Crippen molar-refractivity contribution < 1.29 is 4.79 Å². The van der Waals surface area contributed by atoms with Crippen molar-refractivity contribution in [3.05, 3.63) is 29.3 Å². The first-order chi connectivity index (χ1) is 9.04. The minimum atomic E-state index is 0.0273. The van der Waals surface area contributed by atoms with Gasteiger partial charge in [0.25, 0.3) is 5.91 Å². The quantitative estimate of drug-likeness (QED) is 0.889. The molecule has 1 amide bonds. The molecule has 1 heterocycles. The Balaban J connectivity index is 1.98. The summed E-state index contributed by atoms with van der Waals surface area (Å²) in [5, 5.41) is 6.18. The smallest absolute Gasteiger partial charge is 0.251 e. The van der Waals surface area contributed by atoms with Gasteiger partial charge in [-0.05, 0) is 56.2 Å². The van der Waals surface area contributed by atoms with Crippen LogP contribution in [0.3, 0.4) is 0 Å². The van der Waals surface area contributed by atoms with E-state index in [-0.39, 0.29) is 10.7 Å². The molecule has 1 unspecified atom stereocenters. The van der Waals surface area contributed by atoms with E-state index in [0.29, 0.717) is 0 Å². The summed E-state index contributed by atoms with van der Waals surface area (Å²) in [4.78, 5) is 12.2. The second-order valence-corrected chi connectivity index (χ2v) is 7.05. The molecule has 0 bridgehead atoms. The highest BCUT2D eigenvalue weighted by atomic mass is 32.2. The molecule has 2 rings (SSSR count). The zero-order valence-electron chi connectivity index (χ0n) is 11.9. The molecule has 1 aromatic carbocycles. The van der Waals surface area contributed by atoms with Gasteiger partial charge in [-0.3, -0.25) is 4.79 Å². The summed E-state index contributed by atoms with van der Waals surface area (Å²) in [5.41, 5.74) is 2.90. The van der Waals surface area contributed by atoms with Crippen LogP contribution in [0.4, 0.5) is 5.69 Å². The first kappa shape index (κ1) is 14.3. The molecule has 1 aliphatic rings. The van der Waals surface area contributed by atoms with E-state index in [4.69, 9.17) is 0 Å². The van der Waals surface area contributed by atoms with Gasteiger partial charge in [-0.2, -0.15) is 11.8 Å². The predicted octanol–water partition coefficient (Wildman–Crippen LogP) is 3.05. The normalized spacial score (nSPS) is 22.3. The van der Waals surface area contributed by atoms with Crippen LogP contribution in [-0.2, 0) is 0 Å². The van der Waals surface area contributed by atoms with Gasteiger partial charge in [-0.1, -0.05) is 0 Å². The van der Waals surface area contributed by atoms with Crippen LogP contribution in [0.25, 0.3) is 0 Å². The second-order valence-electron chi connectivity index (χ2n) is 5.36. The Morgan fingerprint density at radius 3 is 2.84 bits per heavy atom. The van der Waals surface area contributed by atoms with Crippen molar-refractivity contribution in [2.75, 3.05) is 24.7 Å². The standard InChI is InChI=1S/C15H22N2OS/c1-11-9-12(5-6-13(11)16-3)14(18)17-10-15(2)7-4-8-19-15/h5-6,9,16H,4,7-8,10H2,1-3H3,(H,17,18). The molecule has 0 saturated carbocycles. The van der Waals surface area contributed by atoms with E-state index in [2.05, 4.69) is 17.6 Å². The number of benzene rings is 1. The minimum absolute atomic E-state index is 0.0273. The van der Waals surface area contributed by atoms with Crippen LogP contribution in [0.5, 0.6) is 0 Å². The van der Waals surface area contributed by atoms with Gasteiger partial charge in [0.2, 0.25) is 0 Å². The molecule has 1 aliphatic heterocycles. The summed E-state index contributed by atoms with van der Waals surface area (Å²) >= 11 is 1.97. The monoisotopic (exact) mass is 278 g/mol. The fourth-order valence-electron chi connectivity index (χ4n) is 2.43. The van der Waals surface area contributed by atoms with Crippen LogP contribution < -0.4 is 10.6 Å². The molecule has 0 spiro atoms. The maximum atomic E-state index is 12.2. The van der Waals surface area contributed by atoms with E-state index in [0.717, 1.165) is 23.4 Å². The average molecular weight is 278 g/mol. The highest BCUT2D eigenvalue weighted by molar-refractivity contribution is 8.00. The number of carbonyl (C=O) groups is 1. The first-order valence-corrected chi connectivity index (χ1v) is 7.73.